The van der Waals surface area contributed by atoms with Gasteiger partial charge in [-0.25, -0.2) is 0 Å². The Morgan fingerprint density at radius 2 is 2.07 bits per heavy atom. The van der Waals surface area contributed by atoms with Crippen LogP contribution in [0.3, 0.4) is 0 Å². The first-order valence-electron chi connectivity index (χ1n) is 10.7. The number of methoxy groups -OCH3 is 1. The van der Waals surface area contributed by atoms with E-state index in [0.29, 0.717) is 30.7 Å². The van der Waals surface area contributed by atoms with Crippen molar-refractivity contribution in [2.24, 2.45) is 11.8 Å². The van der Waals surface area contributed by atoms with Crippen LogP contribution in [-0.4, -0.2) is 35.3 Å². The maximum Gasteiger partial charge on any atom is 0.313 e. The minimum Gasteiger partial charge on any atom is -0.383 e. The van der Waals surface area contributed by atoms with Gasteiger partial charge < -0.3 is 15.4 Å². The van der Waals surface area contributed by atoms with Crippen LogP contribution >= 0.6 is 0 Å². The Kier molecular flexibility index (Phi) is 7.63. The van der Waals surface area contributed by atoms with E-state index in [1.807, 2.05) is 12.1 Å². The lowest BCUT2D eigenvalue weighted by Crippen LogP contribution is -2.41. The number of aromatic nitrogens is 2. The Morgan fingerprint density at radius 3 is 2.80 bits per heavy atom. The first kappa shape index (κ1) is 22.0. The third-order valence-electron chi connectivity index (χ3n) is 5.88. The molecule has 0 spiro atoms. The summed E-state index contributed by atoms with van der Waals surface area (Å²) >= 11 is 0. The Balaban J connectivity index is 1.70. The molecule has 1 saturated carbocycles. The molecule has 0 saturated heterocycles. The smallest absolute Gasteiger partial charge is 0.313 e. The van der Waals surface area contributed by atoms with Crippen molar-refractivity contribution in [2.45, 2.75) is 52.1 Å². The van der Waals surface area contributed by atoms with E-state index in [0.717, 1.165) is 30.4 Å². The van der Waals surface area contributed by atoms with Crippen molar-refractivity contribution in [2.75, 3.05) is 19.0 Å². The van der Waals surface area contributed by atoms with Gasteiger partial charge in [-0.05, 0) is 42.7 Å². The highest BCUT2D eigenvalue weighted by Crippen LogP contribution is 2.38. The van der Waals surface area contributed by atoms with Crippen molar-refractivity contribution in [1.82, 2.24) is 15.1 Å². The zero-order valence-corrected chi connectivity index (χ0v) is 18.1. The summed E-state index contributed by atoms with van der Waals surface area (Å²) in [5.41, 5.74) is 2.70. The van der Waals surface area contributed by atoms with Gasteiger partial charge in [-0.3, -0.25) is 14.3 Å². The zero-order chi connectivity index (χ0) is 21.5. The minimum atomic E-state index is -0.677. The standard InChI is InChI=1S/C23H32N4O3/c1-16-7-6-9-18(13-16)21(20-10-5-4-8-17(20)2)26-23(29)22(28)25-19-14-24-27(15-19)11-12-30-3/h4-5,8,10,14-16,18,21H,6-7,9,11-13H2,1-3H3,(H,25,28)(H,26,29). The largest absolute Gasteiger partial charge is 0.383 e. The predicted molar refractivity (Wildman–Crippen MR) is 116 cm³/mol. The molecule has 1 fully saturated rings. The van der Waals surface area contributed by atoms with Gasteiger partial charge in [-0.2, -0.15) is 5.10 Å². The summed E-state index contributed by atoms with van der Waals surface area (Å²) in [5, 5.41) is 9.83. The van der Waals surface area contributed by atoms with Crippen LogP contribution in [-0.2, 0) is 20.9 Å². The summed E-state index contributed by atoms with van der Waals surface area (Å²) in [6.07, 6.45) is 7.69. The number of carbonyl (C=O) groups is 2. The lowest BCUT2D eigenvalue weighted by Gasteiger charge is -2.34. The number of aryl methyl sites for hydroxylation is 1. The zero-order valence-electron chi connectivity index (χ0n) is 18.1. The number of nitrogens with zero attached hydrogens (tertiary/aromatic N) is 2. The molecule has 30 heavy (non-hydrogen) atoms. The first-order chi connectivity index (χ1) is 14.5. The van der Waals surface area contributed by atoms with E-state index in [9.17, 15) is 9.59 Å². The van der Waals surface area contributed by atoms with Crippen LogP contribution in [0.5, 0.6) is 0 Å². The van der Waals surface area contributed by atoms with Gasteiger partial charge >= 0.3 is 11.8 Å². The Hall–Kier alpha value is -2.67. The number of nitrogens with one attached hydrogen (secondary N) is 2. The van der Waals surface area contributed by atoms with Crippen molar-refractivity contribution in [3.8, 4) is 0 Å². The van der Waals surface area contributed by atoms with Gasteiger partial charge in [-0.1, -0.05) is 44.0 Å². The second kappa shape index (κ2) is 10.4. The van der Waals surface area contributed by atoms with Crippen LogP contribution < -0.4 is 10.6 Å². The van der Waals surface area contributed by atoms with Crippen molar-refractivity contribution in [3.63, 3.8) is 0 Å². The summed E-state index contributed by atoms with van der Waals surface area (Å²) in [7, 11) is 1.62. The fourth-order valence-electron chi connectivity index (χ4n) is 4.30. The molecule has 7 nitrogen and oxygen atoms in total. The summed E-state index contributed by atoms with van der Waals surface area (Å²) in [6.45, 7) is 5.41. The summed E-state index contributed by atoms with van der Waals surface area (Å²) < 4.78 is 6.69. The van der Waals surface area contributed by atoms with E-state index in [2.05, 4.69) is 41.7 Å². The average Bonchev–Trinajstić information content (AvgIpc) is 3.18. The fraction of sp³-hybridized carbons (Fsp3) is 0.522. The quantitative estimate of drug-likeness (QED) is 0.682. The van der Waals surface area contributed by atoms with Gasteiger partial charge in [0, 0.05) is 13.3 Å². The number of hydrogen-bond acceptors (Lipinski definition) is 4. The second-order valence-electron chi connectivity index (χ2n) is 8.28. The maximum absolute atomic E-state index is 12.8. The highest BCUT2D eigenvalue weighted by molar-refractivity contribution is 6.39. The SMILES string of the molecule is COCCn1cc(NC(=O)C(=O)NC(c2ccccc2C)C2CCCC(C)C2)cn1. The molecular weight excluding hydrogens is 380 g/mol. The van der Waals surface area contributed by atoms with E-state index >= 15 is 0 Å². The third-order valence-corrected chi connectivity index (χ3v) is 5.88. The van der Waals surface area contributed by atoms with Crippen LogP contribution in [0.15, 0.2) is 36.7 Å². The molecular formula is C23H32N4O3. The lowest BCUT2D eigenvalue weighted by atomic mass is 9.76. The Morgan fingerprint density at radius 1 is 1.27 bits per heavy atom. The minimum absolute atomic E-state index is 0.170. The van der Waals surface area contributed by atoms with E-state index in [1.54, 1.807) is 18.0 Å². The molecule has 0 radical (unpaired) electrons. The van der Waals surface area contributed by atoms with Crippen LogP contribution in [0.25, 0.3) is 0 Å². The van der Waals surface area contributed by atoms with Gasteiger partial charge in [0.05, 0.1) is 31.1 Å². The highest BCUT2D eigenvalue weighted by atomic mass is 16.5. The number of ether oxygens (including phenoxy) is 1. The molecule has 3 unspecified atom stereocenters. The van der Waals surface area contributed by atoms with Gasteiger partial charge in [-0.15, -0.1) is 0 Å². The van der Waals surface area contributed by atoms with Crippen molar-refractivity contribution in [3.05, 3.63) is 47.8 Å². The van der Waals surface area contributed by atoms with Crippen molar-refractivity contribution < 1.29 is 14.3 Å². The van der Waals surface area contributed by atoms with Gasteiger partial charge in [0.15, 0.2) is 0 Å². The van der Waals surface area contributed by atoms with Crippen LogP contribution in [0.4, 0.5) is 5.69 Å². The third kappa shape index (κ3) is 5.69. The molecule has 1 aliphatic carbocycles. The van der Waals surface area contributed by atoms with E-state index < -0.39 is 11.8 Å². The number of hydrogen-bond donors (Lipinski definition) is 2. The molecule has 1 aromatic heterocycles. The van der Waals surface area contributed by atoms with E-state index in [-0.39, 0.29) is 6.04 Å². The lowest BCUT2D eigenvalue weighted by molar-refractivity contribution is -0.137. The summed E-state index contributed by atoms with van der Waals surface area (Å²) in [5.74, 6) is -0.350. The monoisotopic (exact) mass is 412 g/mol. The van der Waals surface area contributed by atoms with Gasteiger partial charge in [0.1, 0.15) is 0 Å². The van der Waals surface area contributed by atoms with Crippen molar-refractivity contribution >= 4 is 17.5 Å². The summed E-state index contributed by atoms with van der Waals surface area (Å²) in [6, 6.07) is 7.92. The van der Waals surface area contributed by atoms with Crippen LogP contribution in [0.1, 0.15) is 49.8 Å². The molecule has 3 rings (SSSR count). The second-order valence-corrected chi connectivity index (χ2v) is 8.28. The molecule has 3 atom stereocenters. The topological polar surface area (TPSA) is 85.2 Å². The molecule has 2 amide bonds. The Bertz CT molecular complexity index is 864. The highest BCUT2D eigenvalue weighted by Gasteiger charge is 2.31. The number of benzene rings is 1. The predicted octanol–water partition coefficient (Wildman–Crippen LogP) is 3.46. The molecule has 1 aromatic carbocycles. The molecule has 1 heterocycles. The fourth-order valence-corrected chi connectivity index (χ4v) is 4.30. The maximum atomic E-state index is 12.8. The van der Waals surface area contributed by atoms with Crippen molar-refractivity contribution in [1.29, 1.82) is 0 Å². The van der Waals surface area contributed by atoms with Gasteiger partial charge in [0.25, 0.3) is 0 Å². The molecule has 7 heteroatoms. The van der Waals surface area contributed by atoms with Gasteiger partial charge in [0.2, 0.25) is 0 Å². The normalized spacial score (nSPS) is 19.8. The molecule has 162 valence electrons. The summed E-state index contributed by atoms with van der Waals surface area (Å²) in [4.78, 5) is 25.3. The molecule has 2 N–H and O–H groups in total. The van der Waals surface area contributed by atoms with Crippen LogP contribution in [0, 0.1) is 18.8 Å². The number of amides is 2. The first-order valence-corrected chi connectivity index (χ1v) is 10.7. The number of rotatable bonds is 7. The molecule has 0 bridgehead atoms. The molecule has 1 aliphatic rings. The Labute approximate surface area is 178 Å². The number of carbonyl (C=O) groups excluding carboxylic acids is 2. The average molecular weight is 413 g/mol. The molecule has 0 aliphatic heterocycles. The van der Waals surface area contributed by atoms with Crippen LogP contribution in [0.2, 0.25) is 0 Å². The van der Waals surface area contributed by atoms with E-state index in [4.69, 9.17) is 4.74 Å². The van der Waals surface area contributed by atoms with E-state index in [1.165, 1.54) is 12.6 Å². The molecule has 2 aromatic rings. The number of anilines is 1.